The Hall–Kier alpha value is -2.02. The minimum atomic E-state index is 0.193. The Morgan fingerprint density at radius 3 is 2.57 bits per heavy atom. The van der Waals surface area contributed by atoms with Crippen LogP contribution in [0.4, 0.5) is 0 Å². The van der Waals surface area contributed by atoms with Gasteiger partial charge in [0, 0.05) is 31.5 Å². The molecule has 2 rings (SSSR count). The van der Waals surface area contributed by atoms with E-state index in [0.717, 1.165) is 25.0 Å². The lowest BCUT2D eigenvalue weighted by molar-refractivity contribution is 0.134. The molecule has 0 spiro atoms. The number of aromatic nitrogens is 5. The number of hydrogen-bond donors (Lipinski definition) is 0. The Labute approximate surface area is 137 Å². The summed E-state index contributed by atoms with van der Waals surface area (Å²) in [6.45, 7) is 8.50. The van der Waals surface area contributed by atoms with E-state index in [2.05, 4.69) is 34.2 Å². The van der Waals surface area contributed by atoms with Gasteiger partial charge < -0.3 is 9.47 Å². The maximum atomic E-state index is 5.73. The summed E-state index contributed by atoms with van der Waals surface area (Å²) in [4.78, 5) is 5.85. The average Bonchev–Trinajstić information content (AvgIpc) is 3.02. The van der Waals surface area contributed by atoms with E-state index < -0.39 is 0 Å². The van der Waals surface area contributed by atoms with Crippen LogP contribution in [0.25, 0.3) is 11.4 Å². The van der Waals surface area contributed by atoms with Crippen molar-refractivity contribution in [1.82, 2.24) is 25.2 Å². The summed E-state index contributed by atoms with van der Waals surface area (Å²) < 4.78 is 10.9. The number of ether oxygens (including phenoxy) is 2. The van der Waals surface area contributed by atoms with Gasteiger partial charge >= 0.3 is 0 Å². The molecule has 0 aromatic carbocycles. The normalized spacial score (nSPS) is 11.7. The van der Waals surface area contributed by atoms with Crippen molar-refractivity contribution < 1.29 is 9.47 Å². The maximum absolute atomic E-state index is 5.73. The van der Waals surface area contributed by atoms with Crippen LogP contribution in [0.3, 0.4) is 0 Å². The van der Waals surface area contributed by atoms with Crippen LogP contribution in [-0.2, 0) is 11.3 Å². The molecule has 0 amide bonds. The van der Waals surface area contributed by atoms with Crippen molar-refractivity contribution in [2.75, 3.05) is 20.3 Å². The highest BCUT2D eigenvalue weighted by molar-refractivity contribution is 5.52. The van der Waals surface area contributed by atoms with Crippen molar-refractivity contribution >= 4 is 0 Å². The monoisotopic (exact) mass is 319 g/mol. The molecular weight excluding hydrogens is 294 g/mol. The molecule has 2 aromatic rings. The second-order valence-electron chi connectivity index (χ2n) is 6.19. The molecule has 2 aromatic heterocycles. The number of hydrogen-bond acceptors (Lipinski definition) is 6. The zero-order valence-electron chi connectivity index (χ0n) is 14.3. The quantitative estimate of drug-likeness (QED) is 0.707. The number of aryl methyl sites for hydroxylation is 1. The first-order chi connectivity index (χ1) is 11.0. The van der Waals surface area contributed by atoms with Gasteiger partial charge in [-0.25, -0.2) is 4.98 Å². The molecule has 126 valence electrons. The van der Waals surface area contributed by atoms with Gasteiger partial charge in [-0.2, -0.15) is 4.80 Å². The SMILES string of the molecule is CCn1nnc(-c2ccc(OCCC(C)(C)CCOC)nc2)n1. The Balaban J connectivity index is 1.85. The van der Waals surface area contributed by atoms with E-state index >= 15 is 0 Å². The summed E-state index contributed by atoms with van der Waals surface area (Å²) in [5.41, 5.74) is 1.02. The molecule has 0 saturated heterocycles. The second kappa shape index (κ2) is 8.01. The third-order valence-corrected chi connectivity index (χ3v) is 3.74. The van der Waals surface area contributed by atoms with Gasteiger partial charge in [-0.1, -0.05) is 13.8 Å². The fourth-order valence-corrected chi connectivity index (χ4v) is 2.03. The highest BCUT2D eigenvalue weighted by Gasteiger charge is 2.17. The number of rotatable bonds is 9. The third-order valence-electron chi connectivity index (χ3n) is 3.74. The minimum absolute atomic E-state index is 0.193. The molecule has 0 aliphatic rings. The first kappa shape index (κ1) is 17.3. The second-order valence-corrected chi connectivity index (χ2v) is 6.19. The maximum Gasteiger partial charge on any atom is 0.213 e. The number of pyridine rings is 1. The van der Waals surface area contributed by atoms with Crippen molar-refractivity contribution in [3.8, 4) is 17.3 Å². The standard InChI is InChI=1S/C16H25N5O2/c1-5-21-19-15(18-20-21)13-6-7-14(17-12-13)23-11-9-16(2,3)8-10-22-4/h6-7,12H,5,8-11H2,1-4H3. The molecule has 7 nitrogen and oxygen atoms in total. The van der Waals surface area contributed by atoms with Crippen LogP contribution >= 0.6 is 0 Å². The Kier molecular flexibility index (Phi) is 6.04. The minimum Gasteiger partial charge on any atom is -0.478 e. The van der Waals surface area contributed by atoms with Crippen molar-refractivity contribution in [2.24, 2.45) is 5.41 Å². The molecule has 0 fully saturated rings. The van der Waals surface area contributed by atoms with Gasteiger partial charge in [0.05, 0.1) is 13.2 Å². The Bertz CT molecular complexity index is 595. The summed E-state index contributed by atoms with van der Waals surface area (Å²) >= 11 is 0. The van der Waals surface area contributed by atoms with E-state index in [4.69, 9.17) is 9.47 Å². The lowest BCUT2D eigenvalue weighted by Crippen LogP contribution is -2.18. The van der Waals surface area contributed by atoms with Crippen LogP contribution in [0.5, 0.6) is 5.88 Å². The van der Waals surface area contributed by atoms with E-state index in [1.54, 1.807) is 18.1 Å². The van der Waals surface area contributed by atoms with Gasteiger partial charge in [-0.05, 0) is 36.5 Å². The third kappa shape index (κ3) is 5.28. The average molecular weight is 319 g/mol. The van der Waals surface area contributed by atoms with Gasteiger partial charge in [0.25, 0.3) is 0 Å². The predicted octanol–water partition coefficient (Wildman–Crippen LogP) is 2.59. The van der Waals surface area contributed by atoms with E-state index in [1.165, 1.54) is 0 Å². The van der Waals surface area contributed by atoms with Crippen molar-refractivity contribution in [2.45, 2.75) is 40.2 Å². The fourth-order valence-electron chi connectivity index (χ4n) is 2.03. The molecule has 2 heterocycles. The van der Waals surface area contributed by atoms with Gasteiger partial charge in [-0.3, -0.25) is 0 Å². The highest BCUT2D eigenvalue weighted by Crippen LogP contribution is 2.25. The van der Waals surface area contributed by atoms with Crippen LogP contribution in [0, 0.1) is 5.41 Å². The zero-order valence-corrected chi connectivity index (χ0v) is 14.3. The van der Waals surface area contributed by atoms with E-state index in [1.807, 2.05) is 19.1 Å². The van der Waals surface area contributed by atoms with Crippen LogP contribution in [0.1, 0.15) is 33.6 Å². The summed E-state index contributed by atoms with van der Waals surface area (Å²) in [7, 11) is 1.73. The van der Waals surface area contributed by atoms with Gasteiger partial charge in [0.1, 0.15) is 0 Å². The molecule has 0 radical (unpaired) electrons. The van der Waals surface area contributed by atoms with E-state index in [0.29, 0.717) is 24.9 Å². The smallest absolute Gasteiger partial charge is 0.213 e. The lowest BCUT2D eigenvalue weighted by Gasteiger charge is -2.23. The van der Waals surface area contributed by atoms with E-state index in [9.17, 15) is 0 Å². The number of nitrogens with zero attached hydrogens (tertiary/aromatic N) is 5. The fraction of sp³-hybridized carbons (Fsp3) is 0.625. The Morgan fingerprint density at radius 1 is 1.17 bits per heavy atom. The lowest BCUT2D eigenvalue weighted by atomic mass is 9.86. The van der Waals surface area contributed by atoms with Gasteiger partial charge in [0.15, 0.2) is 0 Å². The largest absolute Gasteiger partial charge is 0.478 e. The summed E-state index contributed by atoms with van der Waals surface area (Å²) in [6.07, 6.45) is 3.67. The summed E-state index contributed by atoms with van der Waals surface area (Å²) in [6, 6.07) is 3.74. The first-order valence-corrected chi connectivity index (χ1v) is 7.90. The number of methoxy groups -OCH3 is 1. The van der Waals surface area contributed by atoms with E-state index in [-0.39, 0.29) is 5.41 Å². The van der Waals surface area contributed by atoms with Gasteiger partial charge in [-0.15, -0.1) is 10.2 Å². The summed E-state index contributed by atoms with van der Waals surface area (Å²) in [5.74, 6) is 1.19. The topological polar surface area (TPSA) is 75.0 Å². The molecule has 0 N–H and O–H groups in total. The first-order valence-electron chi connectivity index (χ1n) is 7.90. The predicted molar refractivity (Wildman–Crippen MR) is 87.1 cm³/mol. The van der Waals surface area contributed by atoms with Crippen LogP contribution in [-0.4, -0.2) is 45.5 Å². The van der Waals surface area contributed by atoms with Crippen LogP contribution in [0.15, 0.2) is 18.3 Å². The zero-order chi connectivity index (χ0) is 16.7. The molecule has 0 atom stereocenters. The highest BCUT2D eigenvalue weighted by atomic mass is 16.5. The molecule has 0 bridgehead atoms. The Morgan fingerprint density at radius 2 is 1.96 bits per heavy atom. The molecule has 0 unspecified atom stereocenters. The van der Waals surface area contributed by atoms with Crippen molar-refractivity contribution in [3.63, 3.8) is 0 Å². The van der Waals surface area contributed by atoms with Crippen molar-refractivity contribution in [3.05, 3.63) is 18.3 Å². The number of tetrazole rings is 1. The van der Waals surface area contributed by atoms with Crippen molar-refractivity contribution in [1.29, 1.82) is 0 Å². The molecule has 0 aliphatic heterocycles. The molecule has 7 heteroatoms. The summed E-state index contributed by atoms with van der Waals surface area (Å²) in [5, 5.41) is 12.2. The molecular formula is C16H25N5O2. The van der Waals surface area contributed by atoms with Gasteiger partial charge in [0.2, 0.25) is 11.7 Å². The molecule has 23 heavy (non-hydrogen) atoms. The molecule has 0 aliphatic carbocycles. The molecule has 0 saturated carbocycles. The van der Waals surface area contributed by atoms with Crippen LogP contribution < -0.4 is 4.74 Å². The van der Waals surface area contributed by atoms with Crippen LogP contribution in [0.2, 0.25) is 0 Å².